The molecule has 102 valence electrons. The third-order valence-corrected chi connectivity index (χ3v) is 2.60. The number of nitrogens with zero attached hydrogens (tertiary/aromatic N) is 2. The highest BCUT2D eigenvalue weighted by Gasteiger charge is 2.30. The monoisotopic (exact) mass is 278 g/mol. The predicted molar refractivity (Wildman–Crippen MR) is 65.2 cm³/mol. The van der Waals surface area contributed by atoms with Crippen LogP contribution in [0.15, 0.2) is 36.5 Å². The quantitative estimate of drug-likeness (QED) is 0.831. The van der Waals surface area contributed by atoms with Crippen LogP contribution in [-0.2, 0) is 6.18 Å². The molecule has 0 fully saturated rings. The zero-order valence-corrected chi connectivity index (χ0v) is 10.4. The second kappa shape index (κ2) is 5.21. The third-order valence-electron chi connectivity index (χ3n) is 2.60. The summed E-state index contributed by atoms with van der Waals surface area (Å²) in [6, 6.07) is 8.82. The summed E-state index contributed by atoms with van der Waals surface area (Å²) in [4.78, 5) is 3.61. The molecule has 1 aromatic carbocycles. The van der Waals surface area contributed by atoms with Crippen LogP contribution in [0.25, 0.3) is 0 Å². The average Bonchev–Trinajstić information content (AvgIpc) is 2.41. The van der Waals surface area contributed by atoms with E-state index < -0.39 is 11.7 Å². The summed E-state index contributed by atoms with van der Waals surface area (Å²) < 4.78 is 42.6. The van der Waals surface area contributed by atoms with E-state index >= 15 is 0 Å². The molecule has 0 atom stereocenters. The van der Waals surface area contributed by atoms with Gasteiger partial charge in [0, 0.05) is 12.3 Å². The van der Waals surface area contributed by atoms with Crippen molar-refractivity contribution in [1.29, 1.82) is 5.26 Å². The number of aromatic nitrogens is 1. The molecular weight excluding hydrogens is 269 g/mol. The highest BCUT2D eigenvalue weighted by atomic mass is 19.4. The number of rotatable bonds is 2. The number of halogens is 3. The summed E-state index contributed by atoms with van der Waals surface area (Å²) in [5, 5.41) is 8.80. The van der Waals surface area contributed by atoms with Crippen LogP contribution in [0.3, 0.4) is 0 Å². The Morgan fingerprint density at radius 1 is 1.20 bits per heavy atom. The normalized spacial score (nSPS) is 10.9. The maximum absolute atomic E-state index is 12.4. The molecule has 0 N–H and O–H groups in total. The lowest BCUT2D eigenvalue weighted by atomic mass is 10.1. The van der Waals surface area contributed by atoms with Crippen LogP contribution < -0.4 is 4.74 Å². The van der Waals surface area contributed by atoms with E-state index in [9.17, 15) is 13.2 Å². The first-order chi connectivity index (χ1) is 9.40. The minimum atomic E-state index is -4.43. The van der Waals surface area contributed by atoms with E-state index in [0.29, 0.717) is 17.5 Å². The summed E-state index contributed by atoms with van der Waals surface area (Å²) >= 11 is 0. The molecule has 0 spiro atoms. The molecular formula is C14H9F3N2O. The molecule has 6 heteroatoms. The van der Waals surface area contributed by atoms with Crippen molar-refractivity contribution in [2.75, 3.05) is 0 Å². The van der Waals surface area contributed by atoms with Gasteiger partial charge in [0.05, 0.1) is 17.2 Å². The number of aryl methyl sites for hydroxylation is 1. The molecule has 0 amide bonds. The Hall–Kier alpha value is -2.55. The molecule has 0 saturated carbocycles. The van der Waals surface area contributed by atoms with Crippen LogP contribution in [0.2, 0.25) is 0 Å². The fraction of sp³-hybridized carbons (Fsp3) is 0.143. The van der Waals surface area contributed by atoms with Crippen molar-refractivity contribution >= 4 is 0 Å². The Balaban J connectivity index is 2.25. The van der Waals surface area contributed by atoms with Gasteiger partial charge in [-0.05, 0) is 30.7 Å². The van der Waals surface area contributed by atoms with Crippen molar-refractivity contribution in [3.63, 3.8) is 0 Å². The topological polar surface area (TPSA) is 45.9 Å². The second-order valence-corrected chi connectivity index (χ2v) is 4.08. The van der Waals surface area contributed by atoms with Crippen molar-refractivity contribution in [3.8, 4) is 17.7 Å². The van der Waals surface area contributed by atoms with Crippen molar-refractivity contribution in [1.82, 2.24) is 4.98 Å². The number of hydrogen-bond donors (Lipinski definition) is 0. The number of nitriles is 1. The molecule has 20 heavy (non-hydrogen) atoms. The van der Waals surface area contributed by atoms with Gasteiger partial charge in [-0.2, -0.15) is 18.4 Å². The minimum Gasteiger partial charge on any atom is -0.439 e. The van der Waals surface area contributed by atoms with Gasteiger partial charge in [0.15, 0.2) is 0 Å². The van der Waals surface area contributed by atoms with Crippen molar-refractivity contribution < 1.29 is 17.9 Å². The van der Waals surface area contributed by atoms with Gasteiger partial charge >= 0.3 is 6.18 Å². The molecule has 0 saturated heterocycles. The summed E-state index contributed by atoms with van der Waals surface area (Å²) in [6.07, 6.45) is -3.72. The van der Waals surface area contributed by atoms with E-state index in [1.807, 2.05) is 6.07 Å². The van der Waals surface area contributed by atoms with Gasteiger partial charge < -0.3 is 4.74 Å². The first kappa shape index (κ1) is 13.9. The maximum atomic E-state index is 12.4. The largest absolute Gasteiger partial charge is 0.439 e. The lowest BCUT2D eigenvalue weighted by molar-refractivity contribution is -0.137. The Bertz CT molecular complexity index is 658. The minimum absolute atomic E-state index is 0.0381. The Morgan fingerprint density at radius 2 is 1.95 bits per heavy atom. The van der Waals surface area contributed by atoms with Gasteiger partial charge in [-0.25, -0.2) is 4.98 Å². The molecule has 3 nitrogen and oxygen atoms in total. The summed E-state index contributed by atoms with van der Waals surface area (Å²) in [5.41, 5.74) is 0.315. The van der Waals surface area contributed by atoms with Crippen molar-refractivity contribution in [2.45, 2.75) is 13.1 Å². The molecule has 2 rings (SSSR count). The van der Waals surface area contributed by atoms with Crippen LogP contribution in [0, 0.1) is 18.3 Å². The van der Waals surface area contributed by atoms with E-state index in [2.05, 4.69) is 4.98 Å². The van der Waals surface area contributed by atoms with Crippen LogP contribution in [0.1, 0.15) is 16.7 Å². The van der Waals surface area contributed by atoms with E-state index in [0.717, 1.165) is 17.7 Å². The lowest BCUT2D eigenvalue weighted by Gasteiger charge is -2.09. The van der Waals surface area contributed by atoms with Gasteiger partial charge in [0.2, 0.25) is 5.88 Å². The van der Waals surface area contributed by atoms with Crippen LogP contribution in [-0.4, -0.2) is 4.98 Å². The molecule has 0 aliphatic carbocycles. The van der Waals surface area contributed by atoms with Crippen LogP contribution in [0.4, 0.5) is 13.2 Å². The molecule has 0 aliphatic rings. The third kappa shape index (κ3) is 3.06. The number of benzene rings is 1. The first-order valence-corrected chi connectivity index (χ1v) is 5.62. The summed E-state index contributed by atoms with van der Waals surface area (Å²) in [6.45, 7) is 1.76. The zero-order valence-electron chi connectivity index (χ0n) is 10.4. The standard InChI is InChI=1S/C14H9F3N2O/c1-9-2-3-10(7-18)6-12(9)20-13-5-4-11(8-19-13)14(15,16)17/h2-6,8H,1H3. The van der Waals surface area contributed by atoms with Gasteiger partial charge in [0.1, 0.15) is 5.75 Å². The highest BCUT2D eigenvalue weighted by molar-refractivity contribution is 5.43. The molecule has 0 bridgehead atoms. The number of alkyl halides is 3. The van der Waals surface area contributed by atoms with Gasteiger partial charge in [0.25, 0.3) is 0 Å². The fourth-order valence-corrected chi connectivity index (χ4v) is 1.50. The van der Waals surface area contributed by atoms with E-state index in [-0.39, 0.29) is 5.88 Å². The maximum Gasteiger partial charge on any atom is 0.417 e. The Labute approximate surface area is 113 Å². The Kier molecular flexibility index (Phi) is 3.61. The molecule has 2 aromatic rings. The van der Waals surface area contributed by atoms with E-state index in [4.69, 9.17) is 10.00 Å². The number of ether oxygens (including phenoxy) is 1. The smallest absolute Gasteiger partial charge is 0.417 e. The molecule has 1 heterocycles. The molecule has 0 aliphatic heterocycles. The van der Waals surface area contributed by atoms with Gasteiger partial charge in [-0.15, -0.1) is 0 Å². The first-order valence-electron chi connectivity index (χ1n) is 5.62. The highest BCUT2D eigenvalue weighted by Crippen LogP contribution is 2.30. The molecule has 0 radical (unpaired) electrons. The fourth-order valence-electron chi connectivity index (χ4n) is 1.50. The second-order valence-electron chi connectivity index (χ2n) is 4.08. The number of pyridine rings is 1. The van der Waals surface area contributed by atoms with E-state index in [1.165, 1.54) is 6.07 Å². The average molecular weight is 278 g/mol. The van der Waals surface area contributed by atoms with Crippen LogP contribution in [0.5, 0.6) is 11.6 Å². The van der Waals surface area contributed by atoms with Gasteiger partial charge in [-0.1, -0.05) is 6.07 Å². The Morgan fingerprint density at radius 3 is 2.50 bits per heavy atom. The number of hydrogen-bond acceptors (Lipinski definition) is 3. The summed E-state index contributed by atoms with van der Waals surface area (Å²) in [5.74, 6) is 0.424. The zero-order chi connectivity index (χ0) is 14.8. The molecule has 1 aromatic heterocycles. The lowest BCUT2D eigenvalue weighted by Crippen LogP contribution is -2.05. The SMILES string of the molecule is Cc1ccc(C#N)cc1Oc1ccc(C(F)(F)F)cn1. The van der Waals surface area contributed by atoms with Crippen LogP contribution >= 0.6 is 0 Å². The van der Waals surface area contributed by atoms with Gasteiger partial charge in [-0.3, -0.25) is 0 Å². The summed E-state index contributed by atoms with van der Waals surface area (Å²) in [7, 11) is 0. The van der Waals surface area contributed by atoms with Crippen molar-refractivity contribution in [2.24, 2.45) is 0 Å². The van der Waals surface area contributed by atoms with E-state index in [1.54, 1.807) is 19.1 Å². The molecule has 0 unspecified atom stereocenters. The predicted octanol–water partition coefficient (Wildman–Crippen LogP) is 4.07. The van der Waals surface area contributed by atoms with Crippen molar-refractivity contribution in [3.05, 3.63) is 53.2 Å².